The summed E-state index contributed by atoms with van der Waals surface area (Å²) in [6.45, 7) is 2.96. The van der Waals surface area contributed by atoms with Crippen molar-refractivity contribution in [1.29, 1.82) is 0 Å². The van der Waals surface area contributed by atoms with Crippen molar-refractivity contribution in [3.63, 3.8) is 0 Å². The number of hydrogen-bond donors (Lipinski definition) is 0. The van der Waals surface area contributed by atoms with Crippen LogP contribution in [0.25, 0.3) is 0 Å². The van der Waals surface area contributed by atoms with Gasteiger partial charge in [0.05, 0.1) is 0 Å². The number of alkyl halides is 1. The molecule has 1 saturated heterocycles. The van der Waals surface area contributed by atoms with Gasteiger partial charge in [0.1, 0.15) is 0 Å². The quantitative estimate of drug-likeness (QED) is 0.685. The van der Waals surface area contributed by atoms with Gasteiger partial charge in [-0.2, -0.15) is 0 Å². The van der Waals surface area contributed by atoms with E-state index in [-0.39, 0.29) is 5.91 Å². The molecule has 1 fully saturated rings. The Balaban J connectivity index is 2.26. The lowest BCUT2D eigenvalue weighted by molar-refractivity contribution is -0.132. The molecule has 0 bridgehead atoms. The van der Waals surface area contributed by atoms with Crippen LogP contribution < -0.4 is 0 Å². The van der Waals surface area contributed by atoms with Crippen LogP contribution in [0.5, 0.6) is 0 Å². The van der Waals surface area contributed by atoms with Gasteiger partial charge in [-0.1, -0.05) is 0 Å². The molecule has 15 heavy (non-hydrogen) atoms. The summed E-state index contributed by atoms with van der Waals surface area (Å²) in [6.07, 6.45) is 2.75. The van der Waals surface area contributed by atoms with Gasteiger partial charge < -0.3 is 9.80 Å². The zero-order chi connectivity index (χ0) is 11.3. The Morgan fingerprint density at radius 3 is 2.47 bits per heavy atom. The first-order valence-corrected chi connectivity index (χ1v) is 6.15. The van der Waals surface area contributed by atoms with E-state index in [1.54, 1.807) is 0 Å². The van der Waals surface area contributed by atoms with E-state index < -0.39 is 0 Å². The molecule has 1 heterocycles. The van der Waals surface area contributed by atoms with Crippen LogP contribution >= 0.6 is 11.6 Å². The highest BCUT2D eigenvalue weighted by Gasteiger charge is 2.22. The summed E-state index contributed by atoms with van der Waals surface area (Å²) >= 11 is 5.56. The number of hydrogen-bond acceptors (Lipinski definition) is 2. The van der Waals surface area contributed by atoms with Crippen LogP contribution in [0.2, 0.25) is 0 Å². The van der Waals surface area contributed by atoms with Gasteiger partial charge in [-0.3, -0.25) is 4.79 Å². The molecule has 1 amide bonds. The lowest BCUT2D eigenvalue weighted by atomic mass is 9.96. The Kier molecular flexibility index (Phi) is 5.40. The predicted molar refractivity (Wildman–Crippen MR) is 63.2 cm³/mol. The van der Waals surface area contributed by atoms with E-state index in [1.807, 2.05) is 4.90 Å². The Morgan fingerprint density at radius 1 is 1.40 bits per heavy atom. The molecule has 0 aromatic carbocycles. The molecule has 88 valence electrons. The normalized spacial score (nSPS) is 18.5. The maximum absolute atomic E-state index is 11.6. The number of carbonyl (C=O) groups is 1. The summed E-state index contributed by atoms with van der Waals surface area (Å²) in [5.41, 5.74) is 0. The standard InChI is InChI=1S/C11H21ClN2O/c1-13(2)9-10-4-7-14(8-5-10)11(15)3-6-12/h10H,3-9H2,1-2H3. The number of likely N-dealkylation sites (tertiary alicyclic amines) is 1. The number of halogens is 1. The van der Waals surface area contributed by atoms with E-state index in [9.17, 15) is 4.79 Å². The monoisotopic (exact) mass is 232 g/mol. The zero-order valence-corrected chi connectivity index (χ0v) is 10.5. The average Bonchev–Trinajstić information content (AvgIpc) is 2.18. The SMILES string of the molecule is CN(C)CC1CCN(C(=O)CCCl)CC1. The molecular weight excluding hydrogens is 212 g/mol. The molecule has 0 aliphatic carbocycles. The first-order chi connectivity index (χ1) is 7.13. The second-order valence-corrected chi connectivity index (χ2v) is 4.90. The summed E-state index contributed by atoms with van der Waals surface area (Å²) < 4.78 is 0. The number of carbonyl (C=O) groups excluding carboxylic acids is 1. The van der Waals surface area contributed by atoms with Gasteiger partial charge in [0.15, 0.2) is 0 Å². The molecule has 0 saturated carbocycles. The van der Waals surface area contributed by atoms with Crippen molar-refractivity contribution < 1.29 is 4.79 Å². The molecule has 4 heteroatoms. The smallest absolute Gasteiger partial charge is 0.223 e. The third-order valence-corrected chi connectivity index (χ3v) is 3.09. The van der Waals surface area contributed by atoms with Crippen molar-refractivity contribution in [3.8, 4) is 0 Å². The summed E-state index contributed by atoms with van der Waals surface area (Å²) in [5, 5.41) is 0. The first-order valence-electron chi connectivity index (χ1n) is 5.62. The zero-order valence-electron chi connectivity index (χ0n) is 9.71. The van der Waals surface area contributed by atoms with Crippen LogP contribution in [0.4, 0.5) is 0 Å². The Labute approximate surface area is 97.4 Å². The molecule has 1 rings (SSSR count). The fourth-order valence-electron chi connectivity index (χ4n) is 2.12. The third-order valence-electron chi connectivity index (χ3n) is 2.90. The summed E-state index contributed by atoms with van der Waals surface area (Å²) in [4.78, 5) is 15.7. The number of rotatable bonds is 4. The number of amides is 1. The molecule has 3 nitrogen and oxygen atoms in total. The molecule has 1 aliphatic rings. The Hall–Kier alpha value is -0.280. The Morgan fingerprint density at radius 2 is 2.00 bits per heavy atom. The maximum atomic E-state index is 11.6. The maximum Gasteiger partial charge on any atom is 0.223 e. The van der Waals surface area contributed by atoms with Gasteiger partial charge in [0.25, 0.3) is 0 Å². The van der Waals surface area contributed by atoms with Crippen molar-refractivity contribution in [1.82, 2.24) is 9.80 Å². The molecule has 0 N–H and O–H groups in total. The Bertz CT molecular complexity index is 201. The van der Waals surface area contributed by atoms with Gasteiger partial charge in [0.2, 0.25) is 5.91 Å². The lowest BCUT2D eigenvalue weighted by Gasteiger charge is -2.33. The first kappa shape index (κ1) is 12.8. The lowest BCUT2D eigenvalue weighted by Crippen LogP contribution is -2.40. The van der Waals surface area contributed by atoms with Gasteiger partial charge in [-0.15, -0.1) is 11.6 Å². The molecule has 0 aromatic rings. The summed E-state index contributed by atoms with van der Waals surface area (Å²) in [6, 6.07) is 0. The third kappa shape index (κ3) is 4.39. The fourth-order valence-corrected chi connectivity index (χ4v) is 2.28. The highest BCUT2D eigenvalue weighted by Crippen LogP contribution is 2.18. The van der Waals surface area contributed by atoms with Crippen LogP contribution in [-0.2, 0) is 4.79 Å². The minimum absolute atomic E-state index is 0.216. The van der Waals surface area contributed by atoms with Gasteiger partial charge in [-0.05, 0) is 32.9 Å². The van der Waals surface area contributed by atoms with Crippen molar-refractivity contribution in [2.45, 2.75) is 19.3 Å². The molecule has 0 radical (unpaired) electrons. The fraction of sp³-hybridized carbons (Fsp3) is 0.909. The second kappa shape index (κ2) is 6.33. The molecule has 0 spiro atoms. The summed E-state index contributed by atoms with van der Waals surface area (Å²) in [5.74, 6) is 1.41. The van der Waals surface area contributed by atoms with E-state index in [1.165, 1.54) is 0 Å². The average molecular weight is 233 g/mol. The second-order valence-electron chi connectivity index (χ2n) is 4.53. The van der Waals surface area contributed by atoms with Crippen molar-refractivity contribution in [2.75, 3.05) is 39.6 Å². The molecule has 0 atom stereocenters. The summed E-state index contributed by atoms with van der Waals surface area (Å²) in [7, 11) is 4.20. The highest BCUT2D eigenvalue weighted by atomic mass is 35.5. The largest absolute Gasteiger partial charge is 0.343 e. The molecule has 0 unspecified atom stereocenters. The predicted octanol–water partition coefficient (Wildman–Crippen LogP) is 1.42. The van der Waals surface area contributed by atoms with Gasteiger partial charge in [0, 0.05) is 31.9 Å². The molecule has 1 aliphatic heterocycles. The van der Waals surface area contributed by atoms with E-state index in [0.29, 0.717) is 12.3 Å². The minimum Gasteiger partial charge on any atom is -0.343 e. The van der Waals surface area contributed by atoms with Crippen LogP contribution in [0.1, 0.15) is 19.3 Å². The minimum atomic E-state index is 0.216. The van der Waals surface area contributed by atoms with E-state index in [4.69, 9.17) is 11.6 Å². The highest BCUT2D eigenvalue weighted by molar-refractivity contribution is 6.18. The molecular formula is C11H21ClN2O. The van der Waals surface area contributed by atoms with Crippen molar-refractivity contribution >= 4 is 17.5 Å². The number of nitrogens with zero attached hydrogens (tertiary/aromatic N) is 2. The molecule has 0 aromatic heterocycles. The van der Waals surface area contributed by atoms with Crippen LogP contribution in [0.3, 0.4) is 0 Å². The topological polar surface area (TPSA) is 23.6 Å². The van der Waals surface area contributed by atoms with Crippen LogP contribution in [-0.4, -0.2) is 55.3 Å². The van der Waals surface area contributed by atoms with E-state index >= 15 is 0 Å². The van der Waals surface area contributed by atoms with E-state index in [2.05, 4.69) is 19.0 Å². The van der Waals surface area contributed by atoms with Gasteiger partial charge >= 0.3 is 0 Å². The van der Waals surface area contributed by atoms with Crippen molar-refractivity contribution in [2.24, 2.45) is 5.92 Å². The number of piperidine rings is 1. The van der Waals surface area contributed by atoms with Crippen LogP contribution in [0.15, 0.2) is 0 Å². The van der Waals surface area contributed by atoms with Crippen LogP contribution in [0, 0.1) is 5.92 Å². The van der Waals surface area contributed by atoms with Gasteiger partial charge in [-0.25, -0.2) is 0 Å². The van der Waals surface area contributed by atoms with Crippen molar-refractivity contribution in [3.05, 3.63) is 0 Å². The van der Waals surface area contributed by atoms with E-state index in [0.717, 1.165) is 38.4 Å².